The van der Waals surface area contributed by atoms with Crippen LogP contribution in [0.2, 0.25) is 0 Å². The van der Waals surface area contributed by atoms with Crippen LogP contribution in [0.3, 0.4) is 0 Å². The Kier molecular flexibility index (Phi) is 4.85. The van der Waals surface area contributed by atoms with Gasteiger partial charge in [0.25, 0.3) is 0 Å². The van der Waals surface area contributed by atoms with Gasteiger partial charge in [-0.2, -0.15) is 5.26 Å². The van der Waals surface area contributed by atoms with E-state index < -0.39 is 0 Å². The number of nitriles is 1. The summed E-state index contributed by atoms with van der Waals surface area (Å²) in [6.45, 7) is 4.99. The van der Waals surface area contributed by atoms with Crippen LogP contribution in [-0.4, -0.2) is 6.54 Å². The van der Waals surface area contributed by atoms with Gasteiger partial charge in [0.2, 0.25) is 0 Å². The summed E-state index contributed by atoms with van der Waals surface area (Å²) >= 11 is 0. The molecule has 0 radical (unpaired) electrons. The average Bonchev–Trinajstić information content (AvgIpc) is 2.47. The van der Waals surface area contributed by atoms with Crippen molar-refractivity contribution in [2.45, 2.75) is 32.1 Å². The zero-order valence-electron chi connectivity index (χ0n) is 11.3. The minimum Gasteiger partial charge on any atom is -0.372 e. The summed E-state index contributed by atoms with van der Waals surface area (Å²) in [6.07, 6.45) is 6.78. The van der Waals surface area contributed by atoms with Crippen LogP contribution in [0, 0.1) is 17.2 Å². The molecule has 0 heterocycles. The normalized spacial score (nSPS) is 15.5. The van der Waals surface area contributed by atoms with E-state index in [0.29, 0.717) is 5.56 Å². The van der Waals surface area contributed by atoms with Crippen molar-refractivity contribution < 1.29 is 0 Å². The molecule has 0 saturated heterocycles. The second-order valence-electron chi connectivity index (χ2n) is 5.18. The molecule has 0 atom stereocenters. The van der Waals surface area contributed by atoms with Crippen LogP contribution in [-0.2, 0) is 0 Å². The SMILES string of the molecule is C=C(NCC1CCCCC1)Nc1ccc(C#N)cc1. The summed E-state index contributed by atoms with van der Waals surface area (Å²) in [5.74, 6) is 1.61. The molecule has 2 N–H and O–H groups in total. The Morgan fingerprint density at radius 3 is 2.53 bits per heavy atom. The first kappa shape index (κ1) is 13.5. The predicted octanol–water partition coefficient (Wildman–Crippen LogP) is 3.61. The minimum atomic E-state index is 0.673. The molecule has 3 nitrogen and oxygen atoms in total. The summed E-state index contributed by atoms with van der Waals surface area (Å²) in [5, 5.41) is 15.3. The highest BCUT2D eigenvalue weighted by Gasteiger charge is 2.12. The first-order valence-corrected chi connectivity index (χ1v) is 6.98. The minimum absolute atomic E-state index is 0.673. The molecule has 0 amide bonds. The Balaban J connectivity index is 1.75. The smallest absolute Gasteiger partial charge is 0.0991 e. The zero-order valence-corrected chi connectivity index (χ0v) is 11.3. The van der Waals surface area contributed by atoms with E-state index >= 15 is 0 Å². The lowest BCUT2D eigenvalue weighted by Crippen LogP contribution is -2.26. The molecule has 0 unspecified atom stereocenters. The highest BCUT2D eigenvalue weighted by Crippen LogP contribution is 2.23. The maximum absolute atomic E-state index is 8.74. The van der Waals surface area contributed by atoms with Gasteiger partial charge in [-0.05, 0) is 43.0 Å². The monoisotopic (exact) mass is 255 g/mol. The van der Waals surface area contributed by atoms with Crippen molar-refractivity contribution in [3.63, 3.8) is 0 Å². The maximum atomic E-state index is 8.74. The lowest BCUT2D eigenvalue weighted by Gasteiger charge is -2.23. The van der Waals surface area contributed by atoms with E-state index in [0.717, 1.165) is 24.0 Å². The van der Waals surface area contributed by atoms with Gasteiger partial charge in [0.15, 0.2) is 0 Å². The number of benzene rings is 1. The Morgan fingerprint density at radius 1 is 1.21 bits per heavy atom. The van der Waals surface area contributed by atoms with Crippen LogP contribution in [0.15, 0.2) is 36.7 Å². The molecule has 1 aromatic carbocycles. The second kappa shape index (κ2) is 6.84. The van der Waals surface area contributed by atoms with E-state index in [1.165, 1.54) is 32.1 Å². The van der Waals surface area contributed by atoms with Crippen LogP contribution < -0.4 is 10.6 Å². The third kappa shape index (κ3) is 4.33. The van der Waals surface area contributed by atoms with Gasteiger partial charge in [-0.1, -0.05) is 25.8 Å². The third-order valence-electron chi connectivity index (χ3n) is 3.64. The van der Waals surface area contributed by atoms with Crippen molar-refractivity contribution in [2.75, 3.05) is 11.9 Å². The Hall–Kier alpha value is -1.95. The van der Waals surface area contributed by atoms with Crippen molar-refractivity contribution in [1.29, 1.82) is 5.26 Å². The molecule has 1 aromatic rings. The molecule has 0 spiro atoms. The fraction of sp³-hybridized carbons (Fsp3) is 0.438. The number of hydrogen-bond acceptors (Lipinski definition) is 3. The van der Waals surface area contributed by atoms with Crippen LogP contribution in [0.1, 0.15) is 37.7 Å². The molecule has 0 bridgehead atoms. The van der Waals surface area contributed by atoms with E-state index in [4.69, 9.17) is 5.26 Å². The molecule has 1 aliphatic rings. The Labute approximate surface area is 115 Å². The maximum Gasteiger partial charge on any atom is 0.0991 e. The molecule has 0 aliphatic heterocycles. The molecule has 0 aromatic heterocycles. The van der Waals surface area contributed by atoms with Gasteiger partial charge in [-0.25, -0.2) is 0 Å². The largest absolute Gasteiger partial charge is 0.372 e. The van der Waals surface area contributed by atoms with E-state index in [2.05, 4.69) is 23.3 Å². The first-order valence-electron chi connectivity index (χ1n) is 6.98. The molecule has 3 heteroatoms. The summed E-state index contributed by atoms with van der Waals surface area (Å²) in [7, 11) is 0. The van der Waals surface area contributed by atoms with Gasteiger partial charge >= 0.3 is 0 Å². The van der Waals surface area contributed by atoms with Gasteiger partial charge in [0, 0.05) is 12.2 Å². The van der Waals surface area contributed by atoms with Crippen molar-refractivity contribution in [3.8, 4) is 6.07 Å². The summed E-state index contributed by atoms with van der Waals surface area (Å²) < 4.78 is 0. The zero-order chi connectivity index (χ0) is 13.5. The highest BCUT2D eigenvalue weighted by atomic mass is 15.1. The van der Waals surface area contributed by atoms with Crippen molar-refractivity contribution in [2.24, 2.45) is 5.92 Å². The highest BCUT2D eigenvalue weighted by molar-refractivity contribution is 5.50. The third-order valence-corrected chi connectivity index (χ3v) is 3.64. The van der Waals surface area contributed by atoms with Crippen LogP contribution in [0.4, 0.5) is 5.69 Å². The molecule has 1 saturated carbocycles. The molecule has 1 aliphatic carbocycles. The molecule has 19 heavy (non-hydrogen) atoms. The molecular weight excluding hydrogens is 234 g/mol. The number of hydrogen-bond donors (Lipinski definition) is 2. The standard InChI is InChI=1S/C16H21N3/c1-13(18-12-15-5-3-2-4-6-15)19-16-9-7-14(11-17)8-10-16/h7-10,15,18-19H,1-6,12H2. The van der Waals surface area contributed by atoms with Crippen LogP contribution in [0.5, 0.6) is 0 Å². The number of nitrogens with one attached hydrogen (secondary N) is 2. The van der Waals surface area contributed by atoms with Gasteiger partial charge in [0.05, 0.1) is 17.5 Å². The number of nitrogens with zero attached hydrogens (tertiary/aromatic N) is 1. The fourth-order valence-electron chi connectivity index (χ4n) is 2.51. The van der Waals surface area contributed by atoms with E-state index in [1.807, 2.05) is 12.1 Å². The summed E-state index contributed by atoms with van der Waals surface area (Å²) in [5.41, 5.74) is 1.63. The molecule has 2 rings (SSSR count). The second-order valence-corrected chi connectivity index (χ2v) is 5.18. The van der Waals surface area contributed by atoms with Gasteiger partial charge < -0.3 is 10.6 Å². The Bertz CT molecular complexity index is 450. The van der Waals surface area contributed by atoms with Gasteiger partial charge in [-0.15, -0.1) is 0 Å². The van der Waals surface area contributed by atoms with Crippen molar-refractivity contribution in [1.82, 2.24) is 5.32 Å². The summed E-state index contributed by atoms with van der Waals surface area (Å²) in [6, 6.07) is 9.50. The topological polar surface area (TPSA) is 47.8 Å². The molecule has 100 valence electrons. The number of anilines is 1. The van der Waals surface area contributed by atoms with Crippen molar-refractivity contribution >= 4 is 5.69 Å². The van der Waals surface area contributed by atoms with Gasteiger partial charge in [-0.3, -0.25) is 0 Å². The predicted molar refractivity (Wildman–Crippen MR) is 78.5 cm³/mol. The van der Waals surface area contributed by atoms with Crippen molar-refractivity contribution in [3.05, 3.63) is 42.2 Å². The average molecular weight is 255 g/mol. The lowest BCUT2D eigenvalue weighted by atomic mass is 9.89. The van der Waals surface area contributed by atoms with E-state index in [-0.39, 0.29) is 0 Å². The first-order chi connectivity index (χ1) is 9.28. The quantitative estimate of drug-likeness (QED) is 0.845. The van der Waals surface area contributed by atoms with E-state index in [1.54, 1.807) is 12.1 Å². The fourth-order valence-corrected chi connectivity index (χ4v) is 2.51. The lowest BCUT2D eigenvalue weighted by molar-refractivity contribution is 0.351. The molecule has 1 fully saturated rings. The molecular formula is C16H21N3. The van der Waals surface area contributed by atoms with Gasteiger partial charge in [0.1, 0.15) is 0 Å². The Morgan fingerprint density at radius 2 is 1.89 bits per heavy atom. The van der Waals surface area contributed by atoms with E-state index in [9.17, 15) is 0 Å². The van der Waals surface area contributed by atoms with Crippen LogP contribution in [0.25, 0.3) is 0 Å². The van der Waals surface area contributed by atoms with Crippen LogP contribution >= 0.6 is 0 Å². The summed E-state index contributed by atoms with van der Waals surface area (Å²) in [4.78, 5) is 0. The number of rotatable bonds is 5.